The minimum atomic E-state index is -0.336. The summed E-state index contributed by atoms with van der Waals surface area (Å²) in [6, 6.07) is 0. The van der Waals surface area contributed by atoms with Gasteiger partial charge in [0.05, 0.1) is 6.61 Å². The minimum absolute atomic E-state index is 0.310. The summed E-state index contributed by atoms with van der Waals surface area (Å²) in [7, 11) is 2.10. The first-order chi connectivity index (χ1) is 6.33. The number of nitrogens with one attached hydrogen (secondary N) is 1. The van der Waals surface area contributed by atoms with Crippen molar-refractivity contribution in [2.75, 3.05) is 6.61 Å². The Labute approximate surface area is 79.4 Å². The predicted octanol–water partition coefficient (Wildman–Crippen LogP) is 0.944. The molecule has 2 heterocycles. The van der Waals surface area contributed by atoms with Crippen molar-refractivity contribution in [3.05, 3.63) is 0 Å². The van der Waals surface area contributed by atoms with E-state index in [1.807, 2.05) is 0 Å². The number of carbonyl (C=O) groups is 1. The van der Waals surface area contributed by atoms with Gasteiger partial charge in [-0.2, -0.15) is 5.48 Å². The standard InChI is InChI=1S/C9H15BNO2/c12-8-7-10-5-2-1-3-9(8)4-6-13-11-9/h11H,1-7H2. The number of ketones is 1. The molecule has 3 nitrogen and oxygen atoms in total. The average molecular weight is 180 g/mol. The summed E-state index contributed by atoms with van der Waals surface area (Å²) >= 11 is 0. The van der Waals surface area contributed by atoms with E-state index in [1.165, 1.54) is 6.42 Å². The Morgan fingerprint density at radius 1 is 1.38 bits per heavy atom. The molecule has 2 rings (SSSR count). The summed E-state index contributed by atoms with van der Waals surface area (Å²) in [5.74, 6) is 0.310. The van der Waals surface area contributed by atoms with E-state index in [2.05, 4.69) is 12.8 Å². The minimum Gasteiger partial charge on any atom is -0.301 e. The van der Waals surface area contributed by atoms with Gasteiger partial charge in [-0.05, 0) is 12.7 Å². The maximum Gasteiger partial charge on any atom is 0.147 e. The zero-order valence-corrected chi connectivity index (χ0v) is 7.84. The molecule has 0 aromatic rings. The van der Waals surface area contributed by atoms with Crippen molar-refractivity contribution in [1.82, 2.24) is 5.48 Å². The number of hydrogen-bond donors (Lipinski definition) is 1. The highest BCUT2D eigenvalue weighted by Crippen LogP contribution is 2.28. The lowest BCUT2D eigenvalue weighted by Crippen LogP contribution is -2.47. The van der Waals surface area contributed by atoms with Crippen LogP contribution in [0, 0.1) is 0 Å². The quantitative estimate of drug-likeness (QED) is 0.564. The molecule has 2 fully saturated rings. The topological polar surface area (TPSA) is 38.3 Å². The van der Waals surface area contributed by atoms with Gasteiger partial charge in [0.2, 0.25) is 0 Å². The lowest BCUT2D eigenvalue weighted by molar-refractivity contribution is -0.125. The van der Waals surface area contributed by atoms with Gasteiger partial charge in [-0.3, -0.25) is 4.79 Å². The average Bonchev–Trinajstić information content (AvgIpc) is 2.58. The van der Waals surface area contributed by atoms with Crippen molar-refractivity contribution in [3.8, 4) is 0 Å². The van der Waals surface area contributed by atoms with Gasteiger partial charge in [0.25, 0.3) is 0 Å². The number of rotatable bonds is 0. The van der Waals surface area contributed by atoms with Gasteiger partial charge in [-0.1, -0.05) is 19.2 Å². The summed E-state index contributed by atoms with van der Waals surface area (Å²) in [5, 5.41) is 0. The highest BCUT2D eigenvalue weighted by molar-refractivity contribution is 6.42. The van der Waals surface area contributed by atoms with Crippen molar-refractivity contribution in [3.63, 3.8) is 0 Å². The molecule has 0 aromatic carbocycles. The first-order valence-corrected chi connectivity index (χ1v) is 5.07. The Balaban J connectivity index is 2.07. The molecule has 2 saturated heterocycles. The molecule has 2 aliphatic rings. The largest absolute Gasteiger partial charge is 0.301 e. The molecule has 0 saturated carbocycles. The van der Waals surface area contributed by atoms with E-state index in [9.17, 15) is 4.79 Å². The molecule has 0 amide bonds. The Hall–Kier alpha value is -0.345. The molecule has 1 N–H and O–H groups in total. The summed E-state index contributed by atoms with van der Waals surface area (Å²) in [5.41, 5.74) is 2.58. The predicted molar refractivity (Wildman–Crippen MR) is 50.7 cm³/mol. The SMILES string of the molecule is O=C1C[B]CCCCC12CCON2. The Kier molecular flexibility index (Phi) is 2.70. The highest BCUT2D eigenvalue weighted by atomic mass is 16.7. The van der Waals surface area contributed by atoms with E-state index in [1.54, 1.807) is 0 Å². The number of hydrogen-bond acceptors (Lipinski definition) is 3. The Bertz CT molecular complexity index is 202. The van der Waals surface area contributed by atoms with E-state index in [0.717, 1.165) is 25.6 Å². The van der Waals surface area contributed by atoms with Gasteiger partial charge in [0.15, 0.2) is 0 Å². The third-order valence-electron chi connectivity index (χ3n) is 3.02. The van der Waals surface area contributed by atoms with Gasteiger partial charge < -0.3 is 4.84 Å². The lowest BCUT2D eigenvalue weighted by Gasteiger charge is -2.27. The molecule has 2 aliphatic heterocycles. The second-order valence-electron chi connectivity index (χ2n) is 3.94. The van der Waals surface area contributed by atoms with Crippen LogP contribution in [0.5, 0.6) is 0 Å². The van der Waals surface area contributed by atoms with E-state index in [0.29, 0.717) is 18.7 Å². The Morgan fingerprint density at radius 2 is 2.31 bits per heavy atom. The van der Waals surface area contributed by atoms with Crippen LogP contribution in [0.15, 0.2) is 0 Å². The van der Waals surface area contributed by atoms with E-state index in [-0.39, 0.29) is 5.54 Å². The van der Waals surface area contributed by atoms with Crippen LogP contribution in [0.3, 0.4) is 0 Å². The molecule has 0 aromatic heterocycles. The molecule has 4 heteroatoms. The maximum atomic E-state index is 11.8. The maximum absolute atomic E-state index is 11.8. The first-order valence-electron chi connectivity index (χ1n) is 5.07. The summed E-state index contributed by atoms with van der Waals surface area (Å²) in [4.78, 5) is 16.9. The fraction of sp³-hybridized carbons (Fsp3) is 0.889. The molecule has 0 bridgehead atoms. The second-order valence-corrected chi connectivity index (χ2v) is 3.94. The highest BCUT2D eigenvalue weighted by Gasteiger charge is 2.41. The molecular weight excluding hydrogens is 165 g/mol. The molecule has 1 unspecified atom stereocenters. The smallest absolute Gasteiger partial charge is 0.147 e. The molecule has 1 spiro atoms. The molecule has 0 aliphatic carbocycles. The van der Waals surface area contributed by atoms with Crippen molar-refractivity contribution in [1.29, 1.82) is 0 Å². The van der Waals surface area contributed by atoms with Gasteiger partial charge in [0.1, 0.15) is 18.6 Å². The summed E-state index contributed by atoms with van der Waals surface area (Å²) < 4.78 is 0. The second kappa shape index (κ2) is 3.80. The van der Waals surface area contributed by atoms with E-state index in [4.69, 9.17) is 4.84 Å². The monoisotopic (exact) mass is 180 g/mol. The van der Waals surface area contributed by atoms with Gasteiger partial charge in [0, 0.05) is 6.42 Å². The lowest BCUT2D eigenvalue weighted by atomic mass is 9.62. The van der Waals surface area contributed by atoms with Crippen LogP contribution in [-0.2, 0) is 9.63 Å². The zero-order valence-electron chi connectivity index (χ0n) is 7.84. The number of carbonyl (C=O) groups excluding carboxylic acids is 1. The van der Waals surface area contributed by atoms with E-state index >= 15 is 0 Å². The van der Waals surface area contributed by atoms with Crippen molar-refractivity contribution in [2.45, 2.75) is 43.9 Å². The summed E-state index contributed by atoms with van der Waals surface area (Å²) in [6.45, 7) is 0.672. The number of Topliss-reactive ketones (excluding diaryl/α,β-unsaturated/α-hetero) is 1. The van der Waals surface area contributed by atoms with Crippen LogP contribution in [-0.4, -0.2) is 25.2 Å². The molecule has 71 valence electrons. The van der Waals surface area contributed by atoms with Crippen LogP contribution in [0.2, 0.25) is 12.6 Å². The summed E-state index contributed by atoms with van der Waals surface area (Å²) in [6.07, 6.45) is 5.81. The Morgan fingerprint density at radius 3 is 3.08 bits per heavy atom. The molecule has 1 atom stereocenters. The fourth-order valence-corrected chi connectivity index (χ4v) is 2.12. The van der Waals surface area contributed by atoms with Gasteiger partial charge in [-0.15, -0.1) is 0 Å². The van der Waals surface area contributed by atoms with Crippen LogP contribution < -0.4 is 5.48 Å². The van der Waals surface area contributed by atoms with Crippen LogP contribution >= 0.6 is 0 Å². The molecular formula is C9H15BNO2. The van der Waals surface area contributed by atoms with E-state index < -0.39 is 0 Å². The first kappa shape index (κ1) is 9.22. The van der Waals surface area contributed by atoms with Gasteiger partial charge in [-0.25, -0.2) is 0 Å². The normalized spacial score (nSPS) is 35.5. The van der Waals surface area contributed by atoms with Crippen LogP contribution in [0.25, 0.3) is 0 Å². The third kappa shape index (κ3) is 1.79. The van der Waals surface area contributed by atoms with Crippen LogP contribution in [0.4, 0.5) is 0 Å². The van der Waals surface area contributed by atoms with Crippen molar-refractivity contribution in [2.24, 2.45) is 0 Å². The molecule has 1 radical (unpaired) electrons. The van der Waals surface area contributed by atoms with Crippen molar-refractivity contribution >= 4 is 13.1 Å². The zero-order chi connectivity index (χ0) is 9.15. The third-order valence-corrected chi connectivity index (χ3v) is 3.02. The number of hydroxylamine groups is 1. The fourth-order valence-electron chi connectivity index (χ4n) is 2.12. The van der Waals surface area contributed by atoms with Crippen LogP contribution in [0.1, 0.15) is 25.7 Å². The van der Waals surface area contributed by atoms with Crippen molar-refractivity contribution < 1.29 is 9.63 Å². The van der Waals surface area contributed by atoms with Gasteiger partial charge >= 0.3 is 0 Å². The molecule has 13 heavy (non-hydrogen) atoms.